The Kier molecular flexibility index (Phi) is 3.13. The molecule has 0 spiro atoms. The number of halogens is 1. The summed E-state index contributed by atoms with van der Waals surface area (Å²) in [4.78, 5) is 4.43. The van der Waals surface area contributed by atoms with Crippen molar-refractivity contribution in [2.45, 2.75) is 13.5 Å². The molecular formula is C15H13ClN2O. The van der Waals surface area contributed by atoms with Gasteiger partial charge in [0.15, 0.2) is 5.58 Å². The Morgan fingerprint density at radius 2 is 2.11 bits per heavy atom. The van der Waals surface area contributed by atoms with E-state index in [9.17, 15) is 0 Å². The molecule has 4 heteroatoms. The van der Waals surface area contributed by atoms with E-state index in [1.165, 1.54) is 0 Å². The molecular weight excluding hydrogens is 260 g/mol. The van der Waals surface area contributed by atoms with Crippen molar-refractivity contribution in [3.63, 3.8) is 0 Å². The van der Waals surface area contributed by atoms with Crippen molar-refractivity contribution < 1.29 is 4.42 Å². The Bertz CT molecular complexity index is 721. The second kappa shape index (κ2) is 4.94. The number of benzene rings is 2. The number of anilines is 1. The lowest BCUT2D eigenvalue weighted by Crippen LogP contribution is -1.99. The number of oxazole rings is 1. The minimum atomic E-state index is 0.536. The van der Waals surface area contributed by atoms with E-state index in [2.05, 4.69) is 10.3 Å². The zero-order valence-electron chi connectivity index (χ0n) is 10.5. The van der Waals surface area contributed by atoms with Crippen LogP contribution in [0.25, 0.3) is 11.1 Å². The van der Waals surface area contributed by atoms with Crippen LogP contribution in [-0.4, -0.2) is 4.98 Å². The third kappa shape index (κ3) is 2.71. The van der Waals surface area contributed by atoms with E-state index in [1.54, 1.807) is 0 Å². The zero-order valence-corrected chi connectivity index (χ0v) is 11.2. The van der Waals surface area contributed by atoms with Crippen molar-refractivity contribution in [1.29, 1.82) is 0 Å². The maximum atomic E-state index is 5.93. The molecule has 0 atom stereocenters. The first-order chi connectivity index (χ1) is 9.20. The molecule has 0 aliphatic heterocycles. The number of hydrogen-bond acceptors (Lipinski definition) is 3. The second-order valence-electron chi connectivity index (χ2n) is 4.44. The van der Waals surface area contributed by atoms with Crippen molar-refractivity contribution in [3.05, 3.63) is 58.9 Å². The number of aryl methyl sites for hydroxylation is 1. The molecule has 0 saturated heterocycles. The molecule has 3 aromatic rings. The van der Waals surface area contributed by atoms with Gasteiger partial charge in [0.1, 0.15) is 5.52 Å². The molecule has 0 fully saturated rings. The quantitative estimate of drug-likeness (QED) is 0.768. The molecule has 1 heterocycles. The van der Waals surface area contributed by atoms with Crippen LogP contribution < -0.4 is 5.32 Å². The van der Waals surface area contributed by atoms with E-state index in [0.29, 0.717) is 17.5 Å². The molecule has 0 saturated carbocycles. The minimum absolute atomic E-state index is 0.536. The van der Waals surface area contributed by atoms with Crippen LogP contribution in [-0.2, 0) is 6.54 Å². The molecule has 96 valence electrons. The lowest BCUT2D eigenvalue weighted by Gasteiger charge is -2.03. The minimum Gasteiger partial charge on any atom is -0.439 e. The summed E-state index contributed by atoms with van der Waals surface area (Å²) in [6.45, 7) is 2.57. The van der Waals surface area contributed by atoms with Crippen LogP contribution in [0.15, 0.2) is 46.9 Å². The average Bonchev–Trinajstić information content (AvgIpc) is 2.78. The second-order valence-corrected chi connectivity index (χ2v) is 4.88. The average molecular weight is 273 g/mol. The number of hydrogen-bond donors (Lipinski definition) is 1. The van der Waals surface area contributed by atoms with E-state index in [-0.39, 0.29) is 0 Å². The van der Waals surface area contributed by atoms with Crippen LogP contribution >= 0.6 is 11.6 Å². The summed E-state index contributed by atoms with van der Waals surface area (Å²) in [5.74, 6) is 0.667. The highest BCUT2D eigenvalue weighted by Crippen LogP contribution is 2.19. The molecule has 0 unspecified atom stereocenters. The molecule has 0 aliphatic carbocycles. The molecule has 19 heavy (non-hydrogen) atoms. The highest BCUT2D eigenvalue weighted by atomic mass is 35.5. The van der Waals surface area contributed by atoms with Gasteiger partial charge in [0, 0.05) is 10.7 Å². The van der Waals surface area contributed by atoms with E-state index < -0.39 is 0 Å². The first kappa shape index (κ1) is 12.1. The summed E-state index contributed by atoms with van der Waals surface area (Å²) < 4.78 is 5.69. The van der Waals surface area contributed by atoms with Crippen molar-refractivity contribution >= 4 is 28.4 Å². The maximum absolute atomic E-state index is 5.93. The molecule has 3 rings (SSSR count). The number of rotatable bonds is 3. The predicted molar refractivity (Wildman–Crippen MR) is 77.5 cm³/mol. The summed E-state index contributed by atoms with van der Waals surface area (Å²) in [6.07, 6.45) is 0. The molecule has 0 bridgehead atoms. The fourth-order valence-corrected chi connectivity index (χ4v) is 2.12. The first-order valence-corrected chi connectivity index (χ1v) is 6.44. The normalized spacial score (nSPS) is 10.8. The Balaban J connectivity index is 1.78. The Morgan fingerprint density at radius 1 is 1.21 bits per heavy atom. The van der Waals surface area contributed by atoms with Crippen LogP contribution in [0.5, 0.6) is 0 Å². The SMILES string of the molecule is Cc1ccc2nc(CNc3cccc(Cl)c3)oc2c1. The number of nitrogens with zero attached hydrogens (tertiary/aromatic N) is 1. The molecule has 0 radical (unpaired) electrons. The topological polar surface area (TPSA) is 38.1 Å². The van der Waals surface area contributed by atoms with Crippen LogP contribution in [0.3, 0.4) is 0 Å². The summed E-state index contributed by atoms with van der Waals surface area (Å²) in [6, 6.07) is 13.6. The van der Waals surface area contributed by atoms with Gasteiger partial charge in [-0.1, -0.05) is 23.7 Å². The third-order valence-electron chi connectivity index (χ3n) is 2.86. The Hall–Kier alpha value is -2.00. The fourth-order valence-electron chi connectivity index (χ4n) is 1.93. The summed E-state index contributed by atoms with van der Waals surface area (Å²) in [5, 5.41) is 3.94. The molecule has 0 aliphatic rings. The van der Waals surface area contributed by atoms with Gasteiger partial charge < -0.3 is 9.73 Å². The third-order valence-corrected chi connectivity index (χ3v) is 3.09. The van der Waals surface area contributed by atoms with Crippen molar-refractivity contribution in [1.82, 2.24) is 4.98 Å². The fraction of sp³-hybridized carbons (Fsp3) is 0.133. The van der Waals surface area contributed by atoms with Crippen molar-refractivity contribution in [2.24, 2.45) is 0 Å². The summed E-state index contributed by atoms with van der Waals surface area (Å²) in [7, 11) is 0. The van der Waals surface area contributed by atoms with Crippen molar-refractivity contribution in [2.75, 3.05) is 5.32 Å². The van der Waals surface area contributed by atoms with Gasteiger partial charge >= 0.3 is 0 Å². The highest BCUT2D eigenvalue weighted by Gasteiger charge is 2.05. The molecule has 2 aromatic carbocycles. The van der Waals surface area contributed by atoms with Gasteiger partial charge in [0.25, 0.3) is 0 Å². The summed E-state index contributed by atoms with van der Waals surface area (Å²) >= 11 is 5.93. The molecule has 0 amide bonds. The van der Waals surface area contributed by atoms with Gasteiger partial charge in [0.05, 0.1) is 6.54 Å². The van der Waals surface area contributed by atoms with Gasteiger partial charge in [-0.05, 0) is 42.8 Å². The number of aromatic nitrogens is 1. The lowest BCUT2D eigenvalue weighted by atomic mass is 10.2. The molecule has 1 N–H and O–H groups in total. The standard InChI is InChI=1S/C15H13ClN2O/c1-10-5-6-13-14(7-10)19-15(18-13)9-17-12-4-2-3-11(16)8-12/h2-8,17H,9H2,1H3. The molecule has 3 nitrogen and oxygen atoms in total. The van der Waals surface area contributed by atoms with Crippen LogP contribution in [0.4, 0.5) is 5.69 Å². The first-order valence-electron chi connectivity index (χ1n) is 6.06. The van der Waals surface area contributed by atoms with E-state index in [0.717, 1.165) is 22.4 Å². The number of nitrogens with one attached hydrogen (secondary N) is 1. The van der Waals surface area contributed by atoms with Gasteiger partial charge in [-0.3, -0.25) is 0 Å². The van der Waals surface area contributed by atoms with Gasteiger partial charge in [-0.15, -0.1) is 0 Å². The lowest BCUT2D eigenvalue weighted by molar-refractivity contribution is 0.540. The predicted octanol–water partition coefficient (Wildman–Crippen LogP) is 4.40. The Labute approximate surface area is 116 Å². The molecule has 1 aromatic heterocycles. The smallest absolute Gasteiger partial charge is 0.214 e. The van der Waals surface area contributed by atoms with E-state index in [1.807, 2.05) is 49.4 Å². The van der Waals surface area contributed by atoms with Gasteiger partial charge in [-0.2, -0.15) is 0 Å². The largest absolute Gasteiger partial charge is 0.439 e. The van der Waals surface area contributed by atoms with Crippen LogP contribution in [0.1, 0.15) is 11.5 Å². The van der Waals surface area contributed by atoms with E-state index in [4.69, 9.17) is 16.0 Å². The zero-order chi connectivity index (χ0) is 13.2. The van der Waals surface area contributed by atoms with Crippen LogP contribution in [0, 0.1) is 6.92 Å². The van der Waals surface area contributed by atoms with Crippen molar-refractivity contribution in [3.8, 4) is 0 Å². The van der Waals surface area contributed by atoms with Gasteiger partial charge in [0.2, 0.25) is 5.89 Å². The highest BCUT2D eigenvalue weighted by molar-refractivity contribution is 6.30. The monoisotopic (exact) mass is 272 g/mol. The maximum Gasteiger partial charge on any atom is 0.214 e. The van der Waals surface area contributed by atoms with Gasteiger partial charge in [-0.25, -0.2) is 4.98 Å². The Morgan fingerprint density at radius 3 is 2.95 bits per heavy atom. The van der Waals surface area contributed by atoms with E-state index >= 15 is 0 Å². The van der Waals surface area contributed by atoms with Crippen LogP contribution in [0.2, 0.25) is 5.02 Å². The number of fused-ring (bicyclic) bond motifs is 1. The summed E-state index contributed by atoms with van der Waals surface area (Å²) in [5.41, 5.74) is 3.82.